The average Bonchev–Trinajstić information content (AvgIpc) is 3.32. The Bertz CT molecular complexity index is 1360. The number of rotatable bonds is 8. The van der Waals surface area contributed by atoms with Gasteiger partial charge in [0.15, 0.2) is 5.82 Å². The number of aryl methyl sites for hydroxylation is 2. The summed E-state index contributed by atoms with van der Waals surface area (Å²) < 4.78 is 0. The van der Waals surface area contributed by atoms with E-state index in [1.165, 1.54) is 0 Å². The molecule has 0 spiro atoms. The maximum absolute atomic E-state index is 12.9. The van der Waals surface area contributed by atoms with Gasteiger partial charge in [0, 0.05) is 47.8 Å². The zero-order valence-corrected chi connectivity index (χ0v) is 19.8. The summed E-state index contributed by atoms with van der Waals surface area (Å²) >= 11 is 0. The number of aromatic nitrogens is 5. The number of hydrogen-bond acceptors (Lipinski definition) is 7. The summed E-state index contributed by atoms with van der Waals surface area (Å²) in [6.07, 6.45) is 9.33. The van der Waals surface area contributed by atoms with Gasteiger partial charge in [-0.2, -0.15) is 10.4 Å². The molecule has 3 heterocycles. The highest BCUT2D eigenvalue weighted by atomic mass is 16.1. The Morgan fingerprint density at radius 2 is 1.86 bits per heavy atom. The molecule has 3 N–H and O–H groups in total. The molecule has 0 fully saturated rings. The predicted molar refractivity (Wildman–Crippen MR) is 133 cm³/mol. The number of nitrogens with zero attached hydrogens (tertiary/aromatic N) is 5. The minimum absolute atomic E-state index is 0.245. The lowest BCUT2D eigenvalue weighted by Gasteiger charge is -2.26. The van der Waals surface area contributed by atoms with Crippen molar-refractivity contribution in [3.05, 3.63) is 89.3 Å². The lowest BCUT2D eigenvalue weighted by atomic mass is 9.79. The normalized spacial score (nSPS) is 11.0. The van der Waals surface area contributed by atoms with Crippen LogP contribution in [-0.4, -0.2) is 31.1 Å². The SMILES string of the molecule is Cc1ccc(NC(=O)c2ccncc2)c(C(C)(C)C#N)c1CCc1cc(Nc2cnccn2)n[nH]1. The van der Waals surface area contributed by atoms with Crippen molar-refractivity contribution in [1.29, 1.82) is 5.26 Å². The number of benzene rings is 1. The molecule has 0 bridgehead atoms. The van der Waals surface area contributed by atoms with Gasteiger partial charge in [0.25, 0.3) is 5.91 Å². The van der Waals surface area contributed by atoms with Gasteiger partial charge in [-0.25, -0.2) is 4.98 Å². The highest BCUT2D eigenvalue weighted by Gasteiger charge is 2.28. The second-order valence-corrected chi connectivity index (χ2v) is 8.70. The molecule has 0 radical (unpaired) electrons. The van der Waals surface area contributed by atoms with Crippen LogP contribution in [0.1, 0.15) is 46.6 Å². The number of amides is 1. The smallest absolute Gasteiger partial charge is 0.255 e. The van der Waals surface area contributed by atoms with Crippen molar-refractivity contribution in [2.45, 2.75) is 39.0 Å². The van der Waals surface area contributed by atoms with Crippen molar-refractivity contribution in [2.75, 3.05) is 10.6 Å². The van der Waals surface area contributed by atoms with Gasteiger partial charge < -0.3 is 10.6 Å². The molecule has 0 unspecified atom stereocenters. The fourth-order valence-electron chi connectivity index (χ4n) is 3.95. The summed E-state index contributed by atoms with van der Waals surface area (Å²) in [5, 5.41) is 23.4. The number of nitrogens with one attached hydrogen (secondary N) is 3. The van der Waals surface area contributed by atoms with Gasteiger partial charge in [-0.1, -0.05) is 6.07 Å². The van der Waals surface area contributed by atoms with Crippen LogP contribution >= 0.6 is 0 Å². The summed E-state index contributed by atoms with van der Waals surface area (Å²) in [5.74, 6) is 1.01. The molecule has 4 aromatic rings. The lowest BCUT2D eigenvalue weighted by Crippen LogP contribution is -2.23. The summed E-state index contributed by atoms with van der Waals surface area (Å²) in [7, 11) is 0. The Morgan fingerprint density at radius 3 is 2.57 bits per heavy atom. The largest absolute Gasteiger partial charge is 0.322 e. The Kier molecular flexibility index (Phi) is 6.83. The number of H-pyrrole nitrogens is 1. The van der Waals surface area contributed by atoms with Gasteiger partial charge in [-0.3, -0.25) is 19.9 Å². The van der Waals surface area contributed by atoms with Crippen molar-refractivity contribution in [1.82, 2.24) is 25.1 Å². The Balaban J connectivity index is 1.59. The summed E-state index contributed by atoms with van der Waals surface area (Å²) in [6, 6.07) is 11.5. The van der Waals surface area contributed by atoms with Crippen LogP contribution in [0.2, 0.25) is 0 Å². The molecule has 0 atom stereocenters. The number of anilines is 3. The molecule has 0 aliphatic heterocycles. The second kappa shape index (κ2) is 10.1. The predicted octanol–water partition coefficient (Wildman–Crippen LogP) is 4.49. The molecule has 0 saturated heterocycles. The zero-order valence-electron chi connectivity index (χ0n) is 19.8. The van der Waals surface area contributed by atoms with Crippen LogP contribution in [-0.2, 0) is 18.3 Å². The number of nitriles is 1. The van der Waals surface area contributed by atoms with Crippen LogP contribution in [0.4, 0.5) is 17.3 Å². The molecule has 0 saturated carbocycles. The summed E-state index contributed by atoms with van der Waals surface area (Å²) in [6.45, 7) is 5.76. The highest BCUT2D eigenvalue weighted by Crippen LogP contribution is 2.35. The zero-order chi connectivity index (χ0) is 24.8. The van der Waals surface area contributed by atoms with E-state index in [1.54, 1.807) is 43.1 Å². The monoisotopic (exact) mass is 466 g/mol. The molecule has 4 rings (SSSR count). The van der Waals surface area contributed by atoms with Gasteiger partial charge in [0.1, 0.15) is 5.82 Å². The van der Waals surface area contributed by atoms with E-state index in [9.17, 15) is 10.1 Å². The molecule has 1 amide bonds. The van der Waals surface area contributed by atoms with Crippen LogP contribution in [0.25, 0.3) is 0 Å². The van der Waals surface area contributed by atoms with Gasteiger partial charge in [-0.15, -0.1) is 0 Å². The third kappa shape index (κ3) is 5.50. The molecular weight excluding hydrogens is 440 g/mol. The van der Waals surface area contributed by atoms with Crippen molar-refractivity contribution in [3.63, 3.8) is 0 Å². The summed E-state index contributed by atoms with van der Waals surface area (Å²) in [4.78, 5) is 25.1. The first-order valence-corrected chi connectivity index (χ1v) is 11.2. The van der Waals surface area contributed by atoms with Crippen molar-refractivity contribution in [3.8, 4) is 6.07 Å². The third-order valence-corrected chi connectivity index (χ3v) is 5.74. The Morgan fingerprint density at radius 1 is 1.06 bits per heavy atom. The number of carbonyl (C=O) groups is 1. The minimum Gasteiger partial charge on any atom is -0.322 e. The Labute approximate surface area is 203 Å². The van der Waals surface area contributed by atoms with E-state index in [-0.39, 0.29) is 5.91 Å². The molecule has 176 valence electrons. The molecule has 0 aliphatic carbocycles. The number of aromatic amines is 1. The van der Waals surface area contributed by atoms with E-state index in [1.807, 2.05) is 39.0 Å². The van der Waals surface area contributed by atoms with E-state index in [0.29, 0.717) is 35.7 Å². The fourth-order valence-corrected chi connectivity index (χ4v) is 3.95. The van der Waals surface area contributed by atoms with Crippen molar-refractivity contribution in [2.24, 2.45) is 0 Å². The van der Waals surface area contributed by atoms with Crippen LogP contribution in [0, 0.1) is 18.3 Å². The highest BCUT2D eigenvalue weighted by molar-refractivity contribution is 6.04. The van der Waals surface area contributed by atoms with Crippen molar-refractivity contribution >= 4 is 23.2 Å². The topological polar surface area (TPSA) is 132 Å². The standard InChI is InChI=1S/C26H26N8O/c1-17-4-7-21(31-25(35)18-8-10-28-11-9-18)24(26(2,3)16-27)20(17)6-5-19-14-22(34-33-19)32-23-15-29-12-13-30-23/h4,7-15H,5-6H2,1-3H3,(H,31,35)(H2,30,32,33,34). The molecule has 1 aromatic carbocycles. The fraction of sp³-hybridized carbons (Fsp3) is 0.231. The number of pyridine rings is 1. The van der Waals surface area contributed by atoms with Crippen LogP contribution in [0.3, 0.4) is 0 Å². The van der Waals surface area contributed by atoms with E-state index < -0.39 is 5.41 Å². The second-order valence-electron chi connectivity index (χ2n) is 8.70. The first-order chi connectivity index (χ1) is 16.9. The third-order valence-electron chi connectivity index (χ3n) is 5.74. The molecule has 3 aromatic heterocycles. The molecular formula is C26H26N8O. The number of hydrogen-bond donors (Lipinski definition) is 3. The lowest BCUT2D eigenvalue weighted by molar-refractivity contribution is 0.102. The maximum Gasteiger partial charge on any atom is 0.255 e. The summed E-state index contributed by atoms with van der Waals surface area (Å²) in [5.41, 5.74) is 4.17. The maximum atomic E-state index is 12.9. The van der Waals surface area contributed by atoms with Crippen LogP contribution < -0.4 is 10.6 Å². The van der Waals surface area contributed by atoms with Crippen LogP contribution in [0.5, 0.6) is 0 Å². The van der Waals surface area contributed by atoms with Gasteiger partial charge in [0.2, 0.25) is 0 Å². The minimum atomic E-state index is -0.811. The van der Waals surface area contributed by atoms with Crippen molar-refractivity contribution < 1.29 is 4.79 Å². The molecule has 35 heavy (non-hydrogen) atoms. The molecule has 9 heteroatoms. The first-order valence-electron chi connectivity index (χ1n) is 11.2. The van der Waals surface area contributed by atoms with E-state index in [2.05, 4.69) is 41.9 Å². The van der Waals surface area contributed by atoms with Gasteiger partial charge in [-0.05, 0) is 68.5 Å². The van der Waals surface area contributed by atoms with Crippen LogP contribution in [0.15, 0.2) is 61.3 Å². The Hall–Kier alpha value is -4.58. The molecule has 0 aliphatic rings. The quantitative estimate of drug-likeness (QED) is 0.349. The first kappa shape index (κ1) is 23.6. The van der Waals surface area contributed by atoms with E-state index in [4.69, 9.17) is 0 Å². The van der Waals surface area contributed by atoms with E-state index >= 15 is 0 Å². The number of carbonyl (C=O) groups excluding carboxylic acids is 1. The molecule has 9 nitrogen and oxygen atoms in total. The average molecular weight is 467 g/mol. The van der Waals surface area contributed by atoms with Gasteiger partial charge >= 0.3 is 0 Å². The van der Waals surface area contributed by atoms with Gasteiger partial charge in [0.05, 0.1) is 17.7 Å². The van der Waals surface area contributed by atoms with E-state index in [0.717, 1.165) is 22.4 Å².